The first kappa shape index (κ1) is 32.7. The van der Waals surface area contributed by atoms with Crippen LogP contribution < -0.4 is 21.3 Å². The maximum Gasteiger partial charge on any atom is 0.331 e. The molecule has 0 bridgehead atoms. The lowest BCUT2D eigenvalue weighted by Gasteiger charge is -2.38. The molecule has 0 aliphatic carbocycles. The van der Waals surface area contributed by atoms with Crippen molar-refractivity contribution in [1.82, 2.24) is 18.9 Å². The van der Waals surface area contributed by atoms with Crippen molar-refractivity contribution in [2.24, 2.45) is 0 Å². The topological polar surface area (TPSA) is 132 Å². The second-order valence-corrected chi connectivity index (χ2v) is 11.8. The number of aromatic nitrogens is 2. The van der Waals surface area contributed by atoms with Crippen molar-refractivity contribution in [2.45, 2.75) is 51.7 Å². The number of urea groups is 1. The van der Waals surface area contributed by atoms with Gasteiger partial charge < -0.3 is 24.6 Å². The van der Waals surface area contributed by atoms with Crippen LogP contribution in [0, 0.1) is 5.82 Å². The van der Waals surface area contributed by atoms with Crippen molar-refractivity contribution in [1.29, 1.82) is 0 Å². The number of carbonyl (C=O) groups is 3. The zero-order chi connectivity index (χ0) is 33.1. The molecule has 2 aliphatic rings. The molecule has 3 heterocycles. The first-order valence-corrected chi connectivity index (χ1v) is 15.3. The van der Waals surface area contributed by atoms with E-state index >= 15 is 0 Å². The van der Waals surface area contributed by atoms with Crippen LogP contribution in [0.25, 0.3) is 11.1 Å². The van der Waals surface area contributed by atoms with Crippen molar-refractivity contribution in [3.63, 3.8) is 0 Å². The van der Waals surface area contributed by atoms with Gasteiger partial charge in [-0.1, -0.05) is 23.7 Å². The summed E-state index contributed by atoms with van der Waals surface area (Å²) in [5, 5.41) is 2.67. The van der Waals surface area contributed by atoms with Gasteiger partial charge in [0.2, 0.25) is 5.91 Å². The number of carbonyl (C=O) groups excluding carboxylic acids is 3. The first-order chi connectivity index (χ1) is 22.0. The third kappa shape index (κ3) is 6.79. The van der Waals surface area contributed by atoms with E-state index in [1.165, 1.54) is 32.2 Å². The molecular formula is C32H35ClFN5O7. The summed E-state index contributed by atoms with van der Waals surface area (Å²) in [6.07, 6.45) is 2.93. The molecule has 5 rings (SSSR count). The number of hydrogen-bond donors (Lipinski definition) is 1. The molecule has 12 nitrogen and oxygen atoms in total. The van der Waals surface area contributed by atoms with Crippen LogP contribution in [-0.4, -0.2) is 76.2 Å². The van der Waals surface area contributed by atoms with Gasteiger partial charge in [-0.25, -0.2) is 14.0 Å². The van der Waals surface area contributed by atoms with E-state index in [-0.39, 0.29) is 40.7 Å². The molecule has 1 fully saturated rings. The quantitative estimate of drug-likeness (QED) is 0.366. The molecule has 1 saturated heterocycles. The number of ether oxygens (including phenoxy) is 2. The highest BCUT2D eigenvalue weighted by molar-refractivity contribution is 6.33. The van der Waals surface area contributed by atoms with E-state index in [9.17, 15) is 28.4 Å². The van der Waals surface area contributed by atoms with Gasteiger partial charge in [-0.15, -0.1) is 0 Å². The van der Waals surface area contributed by atoms with Crippen LogP contribution >= 0.6 is 11.6 Å². The molecule has 0 spiro atoms. The van der Waals surface area contributed by atoms with Crippen LogP contribution in [0.1, 0.15) is 38.3 Å². The number of rotatable bonds is 8. The lowest BCUT2D eigenvalue weighted by molar-refractivity contribution is -0.142. The maximum atomic E-state index is 14.3. The molecule has 0 unspecified atom stereocenters. The molecule has 3 aromatic rings. The number of esters is 1. The van der Waals surface area contributed by atoms with Crippen LogP contribution in [-0.2, 0) is 27.3 Å². The molecule has 14 heteroatoms. The van der Waals surface area contributed by atoms with E-state index in [1.54, 1.807) is 23.0 Å². The van der Waals surface area contributed by atoms with Gasteiger partial charge in [0.15, 0.2) is 0 Å². The highest BCUT2D eigenvalue weighted by Crippen LogP contribution is 2.29. The van der Waals surface area contributed by atoms with Crippen molar-refractivity contribution in [3.05, 3.63) is 79.8 Å². The molecule has 1 aromatic heterocycles. The number of amides is 3. The SMILES string of the molecule is COc1ccc2c(c1)CCN(C1CCN(C(=O)Cn3cc(-c4cccc(F)c4Cl)c(=O)n([C@@H](C)COC(C)=O)c3=O)CC1)C(=O)N2. The van der Waals surface area contributed by atoms with Crippen molar-refractivity contribution < 1.29 is 28.2 Å². The molecule has 2 aliphatic heterocycles. The summed E-state index contributed by atoms with van der Waals surface area (Å²) in [5.74, 6) is -0.996. The number of benzene rings is 2. The van der Waals surface area contributed by atoms with Gasteiger partial charge in [0.05, 0.1) is 23.7 Å². The molecule has 0 saturated carbocycles. The summed E-state index contributed by atoms with van der Waals surface area (Å²) in [6, 6.07) is 8.33. The number of nitrogens with one attached hydrogen (secondary N) is 1. The summed E-state index contributed by atoms with van der Waals surface area (Å²) in [4.78, 5) is 68.5. The Kier molecular flexibility index (Phi) is 9.80. The fourth-order valence-corrected chi connectivity index (χ4v) is 6.14. The summed E-state index contributed by atoms with van der Waals surface area (Å²) in [5.41, 5.74) is 0.138. The third-order valence-electron chi connectivity index (χ3n) is 8.40. The van der Waals surface area contributed by atoms with E-state index in [2.05, 4.69) is 5.32 Å². The third-order valence-corrected chi connectivity index (χ3v) is 8.78. The average molecular weight is 656 g/mol. The monoisotopic (exact) mass is 655 g/mol. The number of methoxy groups -OCH3 is 1. The molecule has 3 amide bonds. The highest BCUT2D eigenvalue weighted by Gasteiger charge is 2.32. The summed E-state index contributed by atoms with van der Waals surface area (Å²) in [6.45, 7) is 3.28. The Bertz CT molecular complexity index is 1780. The minimum Gasteiger partial charge on any atom is -0.497 e. The Morgan fingerprint density at radius 2 is 1.83 bits per heavy atom. The predicted octanol–water partition coefficient (Wildman–Crippen LogP) is 3.68. The van der Waals surface area contributed by atoms with Crippen LogP contribution in [0.15, 0.2) is 52.2 Å². The van der Waals surface area contributed by atoms with E-state index in [1.807, 2.05) is 12.1 Å². The second-order valence-electron chi connectivity index (χ2n) is 11.4. The summed E-state index contributed by atoms with van der Waals surface area (Å²) < 4.78 is 26.7. The maximum absolute atomic E-state index is 14.3. The van der Waals surface area contributed by atoms with Gasteiger partial charge in [-0.2, -0.15) is 0 Å². The molecule has 1 N–H and O–H groups in total. The van der Waals surface area contributed by atoms with Crippen LogP contribution in [0.3, 0.4) is 0 Å². The summed E-state index contributed by atoms with van der Waals surface area (Å²) in [7, 11) is 1.59. The van der Waals surface area contributed by atoms with Crippen LogP contribution in [0.5, 0.6) is 5.75 Å². The zero-order valence-electron chi connectivity index (χ0n) is 25.8. The molecular weight excluding hydrogens is 621 g/mol. The fourth-order valence-electron chi connectivity index (χ4n) is 5.91. The average Bonchev–Trinajstić information content (AvgIpc) is 3.20. The van der Waals surface area contributed by atoms with Gasteiger partial charge in [-0.05, 0) is 56.0 Å². The molecule has 2 aromatic carbocycles. The number of likely N-dealkylation sites (tertiary alicyclic amines) is 1. The van der Waals surface area contributed by atoms with Crippen molar-refractivity contribution in [2.75, 3.05) is 38.7 Å². The Hall–Kier alpha value is -4.65. The molecule has 46 heavy (non-hydrogen) atoms. The number of fused-ring (bicyclic) bond motifs is 1. The molecule has 244 valence electrons. The van der Waals surface area contributed by atoms with E-state index in [0.29, 0.717) is 44.6 Å². The van der Waals surface area contributed by atoms with E-state index < -0.39 is 35.6 Å². The van der Waals surface area contributed by atoms with E-state index in [0.717, 1.165) is 26.5 Å². The lowest BCUT2D eigenvalue weighted by atomic mass is 10.0. The number of halogens is 2. The van der Waals surface area contributed by atoms with Crippen LogP contribution in [0.2, 0.25) is 5.02 Å². The largest absolute Gasteiger partial charge is 0.497 e. The van der Waals surface area contributed by atoms with E-state index in [4.69, 9.17) is 21.1 Å². The minimum absolute atomic E-state index is 0.0541. The molecule has 0 radical (unpaired) electrons. The van der Waals surface area contributed by atoms with Gasteiger partial charge in [0, 0.05) is 50.0 Å². The fraction of sp³-hybridized carbons (Fsp3) is 0.406. The predicted molar refractivity (Wildman–Crippen MR) is 169 cm³/mol. The highest BCUT2D eigenvalue weighted by atomic mass is 35.5. The molecule has 1 atom stereocenters. The standard InChI is InChI=1S/C32H35ClFN5O7/c1-19(18-46-20(2)40)39-30(42)25(24-5-4-6-26(34)29(24)33)16-37(32(39)44)17-28(41)36-12-10-22(11-13-36)38-14-9-21-15-23(45-3)7-8-27(21)35-31(38)43/h4-8,15-16,19,22H,9-14,17-18H2,1-3H3,(H,35,43)/t19-/m0/s1. The summed E-state index contributed by atoms with van der Waals surface area (Å²) >= 11 is 6.20. The van der Waals surface area contributed by atoms with Crippen LogP contribution in [0.4, 0.5) is 14.9 Å². The number of hydrogen-bond acceptors (Lipinski definition) is 7. The lowest BCUT2D eigenvalue weighted by Crippen LogP contribution is -2.51. The Labute approximate surface area is 269 Å². The number of nitrogens with zero attached hydrogens (tertiary/aromatic N) is 4. The zero-order valence-corrected chi connectivity index (χ0v) is 26.5. The normalized spacial score (nSPS) is 15.9. The Balaban J connectivity index is 1.33. The van der Waals surface area contributed by atoms with Crippen molar-refractivity contribution in [3.8, 4) is 16.9 Å². The number of piperidine rings is 1. The van der Waals surface area contributed by atoms with Gasteiger partial charge in [0.1, 0.15) is 24.7 Å². The minimum atomic E-state index is -0.889. The van der Waals surface area contributed by atoms with Crippen molar-refractivity contribution >= 4 is 35.2 Å². The van der Waals surface area contributed by atoms with Gasteiger partial charge in [-0.3, -0.25) is 23.5 Å². The smallest absolute Gasteiger partial charge is 0.331 e. The van der Waals surface area contributed by atoms with Gasteiger partial charge in [0.25, 0.3) is 5.56 Å². The number of anilines is 1. The Morgan fingerprint density at radius 3 is 2.52 bits per heavy atom. The van der Waals surface area contributed by atoms with Gasteiger partial charge >= 0.3 is 17.7 Å². The first-order valence-electron chi connectivity index (χ1n) is 14.9. The second kappa shape index (κ2) is 13.8. The Morgan fingerprint density at radius 1 is 1.09 bits per heavy atom.